The Hall–Kier alpha value is -2.04. The summed E-state index contributed by atoms with van der Waals surface area (Å²) >= 11 is 0. The molecule has 1 aromatic rings. The minimum Gasteiger partial charge on any atom is -0.331 e. The predicted molar refractivity (Wildman–Crippen MR) is 109 cm³/mol. The van der Waals surface area contributed by atoms with Crippen LogP contribution in [0.1, 0.15) is 47.9 Å². The molecule has 8 nitrogen and oxygen atoms in total. The van der Waals surface area contributed by atoms with Gasteiger partial charge in [-0.15, -0.1) is 0 Å². The highest BCUT2D eigenvalue weighted by molar-refractivity contribution is 5.54. The molecular formula is C22H32N2O6. The molecule has 1 rings (SSSR count). The first-order valence-corrected chi connectivity index (χ1v) is 9.70. The second-order valence-electron chi connectivity index (χ2n) is 6.66. The third kappa shape index (κ3) is 6.23. The first-order chi connectivity index (χ1) is 14.4. The number of rotatable bonds is 14. The van der Waals surface area contributed by atoms with Gasteiger partial charge in [-0.05, 0) is 36.8 Å². The quantitative estimate of drug-likeness (QED) is 0.423. The highest BCUT2D eigenvalue weighted by Crippen LogP contribution is 2.26. The number of methoxy groups -OCH3 is 6. The van der Waals surface area contributed by atoms with Crippen molar-refractivity contribution in [3.63, 3.8) is 0 Å². The van der Waals surface area contributed by atoms with Gasteiger partial charge in [0, 0.05) is 55.5 Å². The SMILES string of the molecule is COC(CCCc1ccc(CCCC(OC)(OC)OC)c(C#N)c1C#N)(OC)OC. The molecule has 0 N–H and O–H groups in total. The first-order valence-electron chi connectivity index (χ1n) is 9.70. The van der Waals surface area contributed by atoms with Gasteiger partial charge in [0.25, 0.3) is 11.9 Å². The molecule has 0 atom stereocenters. The van der Waals surface area contributed by atoms with Crippen molar-refractivity contribution in [2.75, 3.05) is 42.7 Å². The van der Waals surface area contributed by atoms with Crippen LogP contribution < -0.4 is 0 Å². The van der Waals surface area contributed by atoms with Gasteiger partial charge >= 0.3 is 0 Å². The van der Waals surface area contributed by atoms with Crippen molar-refractivity contribution in [1.29, 1.82) is 10.5 Å². The Morgan fingerprint density at radius 1 is 0.633 bits per heavy atom. The summed E-state index contributed by atoms with van der Waals surface area (Å²) in [5.41, 5.74) is 2.44. The Labute approximate surface area is 179 Å². The van der Waals surface area contributed by atoms with E-state index < -0.39 is 11.9 Å². The summed E-state index contributed by atoms with van der Waals surface area (Å²) < 4.78 is 31.8. The van der Waals surface area contributed by atoms with E-state index in [0.29, 0.717) is 49.7 Å². The van der Waals surface area contributed by atoms with Crippen LogP contribution in [0.25, 0.3) is 0 Å². The molecule has 30 heavy (non-hydrogen) atoms. The predicted octanol–water partition coefficient (Wildman–Crippen LogP) is 3.26. The molecule has 0 amide bonds. The van der Waals surface area contributed by atoms with Crippen molar-refractivity contribution in [3.8, 4) is 12.1 Å². The van der Waals surface area contributed by atoms with E-state index in [9.17, 15) is 10.5 Å². The normalized spacial score (nSPS) is 11.9. The van der Waals surface area contributed by atoms with Crippen molar-refractivity contribution in [2.24, 2.45) is 0 Å². The Morgan fingerprint density at radius 2 is 0.933 bits per heavy atom. The molecule has 0 heterocycles. The molecule has 0 radical (unpaired) electrons. The fourth-order valence-electron chi connectivity index (χ4n) is 3.46. The summed E-state index contributed by atoms with van der Waals surface area (Å²) in [6.45, 7) is 0. The summed E-state index contributed by atoms with van der Waals surface area (Å²) in [4.78, 5) is 0. The van der Waals surface area contributed by atoms with Crippen molar-refractivity contribution >= 4 is 0 Å². The van der Waals surface area contributed by atoms with Crippen LogP contribution in [0.4, 0.5) is 0 Å². The van der Waals surface area contributed by atoms with Gasteiger partial charge < -0.3 is 28.4 Å². The lowest BCUT2D eigenvalue weighted by Gasteiger charge is -2.28. The molecule has 0 bridgehead atoms. The second-order valence-corrected chi connectivity index (χ2v) is 6.66. The number of hydrogen-bond donors (Lipinski definition) is 0. The van der Waals surface area contributed by atoms with Gasteiger partial charge in [0.2, 0.25) is 0 Å². The molecule has 0 aliphatic rings. The number of nitrogens with zero attached hydrogens (tertiary/aromatic N) is 2. The molecule has 166 valence electrons. The fourth-order valence-corrected chi connectivity index (χ4v) is 3.46. The lowest BCUT2D eigenvalue weighted by atomic mass is 9.92. The van der Waals surface area contributed by atoms with Gasteiger partial charge in [0.1, 0.15) is 12.1 Å². The maximum Gasteiger partial charge on any atom is 0.282 e. The molecule has 0 aromatic heterocycles. The minimum absolute atomic E-state index is 0.407. The van der Waals surface area contributed by atoms with Crippen molar-refractivity contribution < 1.29 is 28.4 Å². The van der Waals surface area contributed by atoms with Crippen LogP contribution in [0.2, 0.25) is 0 Å². The van der Waals surface area contributed by atoms with E-state index in [4.69, 9.17) is 28.4 Å². The van der Waals surface area contributed by atoms with Crippen LogP contribution in [-0.2, 0) is 41.3 Å². The molecule has 0 aliphatic heterocycles. The van der Waals surface area contributed by atoms with Gasteiger partial charge in [0.15, 0.2) is 0 Å². The Kier molecular flexibility index (Phi) is 10.9. The standard InChI is InChI=1S/C22H32N2O6/c1-25-21(26-2,27-3)13-7-9-17-11-12-18(20(16-24)19(17)15-23)10-8-14-22(28-4,29-5)30-6/h11-12H,7-10,13-14H2,1-6H3. The highest BCUT2D eigenvalue weighted by atomic mass is 16.9. The zero-order valence-electron chi connectivity index (χ0n) is 18.7. The topological polar surface area (TPSA) is 103 Å². The van der Waals surface area contributed by atoms with Crippen LogP contribution in [0.3, 0.4) is 0 Å². The van der Waals surface area contributed by atoms with Crippen LogP contribution >= 0.6 is 0 Å². The average molecular weight is 421 g/mol. The summed E-state index contributed by atoms with van der Waals surface area (Å²) in [5, 5.41) is 19.4. The maximum absolute atomic E-state index is 9.69. The monoisotopic (exact) mass is 420 g/mol. The molecule has 0 fully saturated rings. The van der Waals surface area contributed by atoms with Crippen LogP contribution in [0.15, 0.2) is 12.1 Å². The van der Waals surface area contributed by atoms with Crippen LogP contribution in [0, 0.1) is 22.7 Å². The zero-order valence-corrected chi connectivity index (χ0v) is 18.7. The summed E-state index contributed by atoms with van der Waals surface area (Å²) in [6.07, 6.45) is 3.47. The van der Waals surface area contributed by atoms with Gasteiger partial charge in [-0.2, -0.15) is 10.5 Å². The average Bonchev–Trinajstić information content (AvgIpc) is 2.80. The lowest BCUT2D eigenvalue weighted by molar-refractivity contribution is -0.355. The van der Waals surface area contributed by atoms with Gasteiger partial charge in [0.05, 0.1) is 11.1 Å². The van der Waals surface area contributed by atoms with E-state index in [1.165, 1.54) is 42.7 Å². The molecule has 0 unspecified atom stereocenters. The minimum atomic E-state index is -1.11. The molecule has 0 saturated carbocycles. The summed E-state index contributed by atoms with van der Waals surface area (Å²) in [7, 11) is 9.09. The van der Waals surface area contributed by atoms with Gasteiger partial charge in [-0.25, -0.2) is 0 Å². The molecule has 0 aliphatic carbocycles. The van der Waals surface area contributed by atoms with E-state index in [-0.39, 0.29) is 0 Å². The highest BCUT2D eigenvalue weighted by Gasteiger charge is 2.30. The molecule has 1 aromatic carbocycles. The van der Waals surface area contributed by atoms with Gasteiger partial charge in [-0.3, -0.25) is 0 Å². The zero-order chi connectivity index (χ0) is 22.6. The van der Waals surface area contributed by atoms with Crippen molar-refractivity contribution in [2.45, 2.75) is 50.5 Å². The van der Waals surface area contributed by atoms with Crippen molar-refractivity contribution in [1.82, 2.24) is 0 Å². The lowest BCUT2D eigenvalue weighted by Crippen LogP contribution is -2.36. The Morgan fingerprint density at radius 3 is 1.17 bits per heavy atom. The summed E-state index contributed by atoms with van der Waals surface area (Å²) in [5.74, 6) is -2.22. The first kappa shape index (κ1) is 26.0. The number of aryl methyl sites for hydroxylation is 2. The maximum atomic E-state index is 9.69. The molecule has 8 heteroatoms. The molecular weight excluding hydrogens is 388 g/mol. The number of hydrogen-bond acceptors (Lipinski definition) is 8. The molecule has 0 saturated heterocycles. The van der Waals surface area contributed by atoms with Gasteiger partial charge in [-0.1, -0.05) is 12.1 Å². The van der Waals surface area contributed by atoms with Crippen molar-refractivity contribution in [3.05, 3.63) is 34.4 Å². The Bertz CT molecular complexity index is 666. The number of nitriles is 2. The van der Waals surface area contributed by atoms with E-state index in [1.54, 1.807) is 0 Å². The third-order valence-electron chi connectivity index (χ3n) is 5.33. The largest absolute Gasteiger partial charge is 0.331 e. The van der Waals surface area contributed by atoms with E-state index in [0.717, 1.165) is 11.1 Å². The van der Waals surface area contributed by atoms with E-state index in [2.05, 4.69) is 12.1 Å². The number of benzene rings is 1. The fraction of sp³-hybridized carbons (Fsp3) is 0.636. The second kappa shape index (κ2) is 12.6. The van der Waals surface area contributed by atoms with E-state index >= 15 is 0 Å². The third-order valence-corrected chi connectivity index (χ3v) is 5.33. The number of ether oxygens (including phenoxy) is 6. The van der Waals surface area contributed by atoms with Crippen LogP contribution in [0.5, 0.6) is 0 Å². The van der Waals surface area contributed by atoms with Crippen LogP contribution in [-0.4, -0.2) is 54.6 Å². The van der Waals surface area contributed by atoms with E-state index in [1.807, 2.05) is 12.1 Å². The Balaban J connectivity index is 2.93. The smallest absolute Gasteiger partial charge is 0.282 e. The summed E-state index contributed by atoms with van der Waals surface area (Å²) in [6, 6.07) is 8.19. The molecule has 0 spiro atoms.